The highest BCUT2D eigenvalue weighted by Crippen LogP contribution is 2.25. The minimum Gasteiger partial charge on any atom is -0.466 e. The predicted molar refractivity (Wildman–Crippen MR) is 74.0 cm³/mol. The van der Waals surface area contributed by atoms with Gasteiger partial charge in [0.2, 0.25) is 0 Å². The number of hydrogen-bond donors (Lipinski definition) is 1. The van der Waals surface area contributed by atoms with Crippen LogP contribution in [0.25, 0.3) is 0 Å². The number of nitrogens with one attached hydrogen (secondary N) is 1. The highest BCUT2D eigenvalue weighted by Gasteiger charge is 2.15. The lowest BCUT2D eigenvalue weighted by atomic mass is 10.2. The lowest BCUT2D eigenvalue weighted by Crippen LogP contribution is -2.14. The average Bonchev–Trinajstić information content (AvgIpc) is 2.65. The molecular weight excluding hydrogens is 246 g/mol. The molecule has 1 aromatic heterocycles. The Morgan fingerprint density at radius 1 is 1.22 bits per heavy atom. The van der Waals surface area contributed by atoms with Gasteiger partial charge in [-0.05, 0) is 38.6 Å². The molecule has 1 N–H and O–H groups in total. The third-order valence-corrected chi connectivity index (χ3v) is 4.04. The van der Waals surface area contributed by atoms with Gasteiger partial charge in [0.15, 0.2) is 0 Å². The van der Waals surface area contributed by atoms with Crippen molar-refractivity contribution in [1.82, 2.24) is 15.5 Å². The second-order valence-corrected chi connectivity index (χ2v) is 5.89. The first kappa shape index (κ1) is 13.7. The van der Waals surface area contributed by atoms with E-state index >= 15 is 0 Å². The van der Waals surface area contributed by atoms with Gasteiger partial charge in [-0.15, -0.1) is 5.10 Å². The molecule has 2 rings (SSSR count). The molecule has 0 atom stereocenters. The average molecular weight is 269 g/mol. The van der Waals surface area contributed by atoms with Crippen molar-refractivity contribution in [3.8, 4) is 5.19 Å². The molecule has 18 heavy (non-hydrogen) atoms. The van der Waals surface area contributed by atoms with Crippen LogP contribution in [0.1, 0.15) is 56.9 Å². The SMILES string of the molecule is CCCNCc1nnc(OC2CCCCCC2)s1. The minimum atomic E-state index is 0.358. The van der Waals surface area contributed by atoms with Gasteiger partial charge in [-0.25, -0.2) is 0 Å². The zero-order valence-corrected chi connectivity index (χ0v) is 12.0. The van der Waals surface area contributed by atoms with Crippen LogP contribution in [0.4, 0.5) is 0 Å². The number of rotatable bonds is 6. The normalized spacial score (nSPS) is 17.6. The van der Waals surface area contributed by atoms with E-state index < -0.39 is 0 Å². The first-order valence-corrected chi connectivity index (χ1v) is 7.90. The van der Waals surface area contributed by atoms with E-state index in [4.69, 9.17) is 4.74 Å². The van der Waals surface area contributed by atoms with Crippen LogP contribution in [0.15, 0.2) is 0 Å². The molecule has 0 amide bonds. The van der Waals surface area contributed by atoms with Crippen molar-refractivity contribution in [3.05, 3.63) is 5.01 Å². The summed E-state index contributed by atoms with van der Waals surface area (Å²) in [5.74, 6) is 0. The maximum absolute atomic E-state index is 5.94. The molecule has 4 nitrogen and oxygen atoms in total. The van der Waals surface area contributed by atoms with E-state index in [0.29, 0.717) is 6.10 Å². The Hall–Kier alpha value is -0.680. The molecule has 5 heteroatoms. The van der Waals surface area contributed by atoms with Crippen LogP contribution < -0.4 is 10.1 Å². The van der Waals surface area contributed by atoms with E-state index in [1.165, 1.54) is 38.5 Å². The van der Waals surface area contributed by atoms with Gasteiger partial charge in [-0.2, -0.15) is 0 Å². The zero-order chi connectivity index (χ0) is 12.6. The predicted octanol–water partition coefficient (Wildman–Crippen LogP) is 3.14. The maximum Gasteiger partial charge on any atom is 0.294 e. The Bertz CT molecular complexity index is 335. The Balaban J connectivity index is 1.78. The molecule has 0 unspecified atom stereocenters. The van der Waals surface area contributed by atoms with Crippen molar-refractivity contribution in [3.63, 3.8) is 0 Å². The lowest BCUT2D eigenvalue weighted by Gasteiger charge is -2.13. The topological polar surface area (TPSA) is 47.0 Å². The van der Waals surface area contributed by atoms with Crippen molar-refractivity contribution in [2.24, 2.45) is 0 Å². The van der Waals surface area contributed by atoms with Crippen molar-refractivity contribution in [2.75, 3.05) is 6.54 Å². The third-order valence-electron chi connectivity index (χ3n) is 3.22. The molecule has 0 aliphatic heterocycles. The standard InChI is InChI=1S/C13H23N3OS/c1-2-9-14-10-12-15-16-13(18-12)17-11-7-5-3-4-6-8-11/h11,14H,2-10H2,1H3. The fourth-order valence-corrected chi connectivity index (χ4v) is 2.95. The highest BCUT2D eigenvalue weighted by atomic mass is 32.1. The first-order chi connectivity index (χ1) is 8.88. The van der Waals surface area contributed by atoms with Crippen LogP contribution in [-0.2, 0) is 6.54 Å². The molecule has 1 aromatic rings. The quantitative estimate of drug-likeness (QED) is 0.636. The summed E-state index contributed by atoms with van der Waals surface area (Å²) in [4.78, 5) is 0. The molecule has 1 aliphatic rings. The van der Waals surface area contributed by atoms with Crippen molar-refractivity contribution in [2.45, 2.75) is 64.5 Å². The van der Waals surface area contributed by atoms with Crippen molar-refractivity contribution < 1.29 is 4.74 Å². The molecule has 1 aliphatic carbocycles. The summed E-state index contributed by atoms with van der Waals surface area (Å²) >= 11 is 1.58. The second kappa shape index (κ2) is 7.69. The molecule has 0 spiro atoms. The molecule has 0 bridgehead atoms. The van der Waals surface area contributed by atoms with Crippen LogP contribution in [0.2, 0.25) is 0 Å². The van der Waals surface area contributed by atoms with Crippen LogP contribution in [0.5, 0.6) is 5.19 Å². The van der Waals surface area contributed by atoms with Gasteiger partial charge in [-0.3, -0.25) is 0 Å². The van der Waals surface area contributed by atoms with Gasteiger partial charge in [0.25, 0.3) is 5.19 Å². The van der Waals surface area contributed by atoms with Crippen LogP contribution >= 0.6 is 11.3 Å². The Kier molecular flexibility index (Phi) is 5.87. The van der Waals surface area contributed by atoms with Crippen LogP contribution in [0, 0.1) is 0 Å². The first-order valence-electron chi connectivity index (χ1n) is 7.08. The van der Waals surface area contributed by atoms with Crippen molar-refractivity contribution >= 4 is 11.3 Å². The minimum absolute atomic E-state index is 0.358. The van der Waals surface area contributed by atoms with Gasteiger partial charge < -0.3 is 10.1 Å². The second-order valence-electron chi connectivity index (χ2n) is 4.87. The van der Waals surface area contributed by atoms with E-state index in [0.717, 1.165) is 29.7 Å². The molecule has 0 saturated heterocycles. The number of aromatic nitrogens is 2. The Morgan fingerprint density at radius 3 is 2.72 bits per heavy atom. The summed E-state index contributed by atoms with van der Waals surface area (Å²) in [6.45, 7) is 3.99. The highest BCUT2D eigenvalue weighted by molar-refractivity contribution is 7.13. The fraction of sp³-hybridized carbons (Fsp3) is 0.846. The molecule has 1 saturated carbocycles. The van der Waals surface area contributed by atoms with E-state index in [2.05, 4.69) is 22.4 Å². The van der Waals surface area contributed by atoms with E-state index in [9.17, 15) is 0 Å². The van der Waals surface area contributed by atoms with E-state index in [1.54, 1.807) is 11.3 Å². The summed E-state index contributed by atoms with van der Waals surface area (Å²) in [5.41, 5.74) is 0. The summed E-state index contributed by atoms with van der Waals surface area (Å²) < 4.78 is 5.94. The summed E-state index contributed by atoms with van der Waals surface area (Å²) in [5, 5.41) is 13.4. The smallest absolute Gasteiger partial charge is 0.294 e. The monoisotopic (exact) mass is 269 g/mol. The third kappa shape index (κ3) is 4.53. The van der Waals surface area contributed by atoms with Gasteiger partial charge in [-0.1, -0.05) is 36.2 Å². The zero-order valence-electron chi connectivity index (χ0n) is 11.2. The summed E-state index contributed by atoms with van der Waals surface area (Å²) in [7, 11) is 0. The van der Waals surface area contributed by atoms with E-state index in [1.807, 2.05) is 0 Å². The number of nitrogens with zero attached hydrogens (tertiary/aromatic N) is 2. The van der Waals surface area contributed by atoms with Gasteiger partial charge in [0.05, 0.1) is 0 Å². The fourth-order valence-electron chi connectivity index (χ4n) is 2.23. The largest absolute Gasteiger partial charge is 0.466 e. The molecule has 1 fully saturated rings. The Morgan fingerprint density at radius 2 is 2.00 bits per heavy atom. The molecular formula is C13H23N3OS. The molecule has 0 radical (unpaired) electrons. The molecule has 1 heterocycles. The van der Waals surface area contributed by atoms with Crippen LogP contribution in [-0.4, -0.2) is 22.8 Å². The van der Waals surface area contributed by atoms with E-state index in [-0.39, 0.29) is 0 Å². The van der Waals surface area contributed by atoms with Gasteiger partial charge in [0.1, 0.15) is 11.1 Å². The summed E-state index contributed by atoms with van der Waals surface area (Å²) in [6, 6.07) is 0. The molecule has 102 valence electrons. The van der Waals surface area contributed by atoms with Gasteiger partial charge >= 0.3 is 0 Å². The number of hydrogen-bond acceptors (Lipinski definition) is 5. The van der Waals surface area contributed by atoms with Crippen LogP contribution in [0.3, 0.4) is 0 Å². The summed E-state index contributed by atoms with van der Waals surface area (Å²) in [6.07, 6.45) is 9.11. The van der Waals surface area contributed by atoms with Gasteiger partial charge in [0, 0.05) is 6.54 Å². The Labute approximate surface area is 113 Å². The lowest BCUT2D eigenvalue weighted by molar-refractivity contribution is 0.181. The van der Waals surface area contributed by atoms with Crippen molar-refractivity contribution in [1.29, 1.82) is 0 Å². The number of ether oxygens (including phenoxy) is 1. The maximum atomic E-state index is 5.94. The molecule has 0 aromatic carbocycles.